The van der Waals surface area contributed by atoms with Crippen LogP contribution in [0.25, 0.3) is 0 Å². The Morgan fingerprint density at radius 1 is 1.40 bits per heavy atom. The average Bonchev–Trinajstić information content (AvgIpc) is 2.82. The molecule has 0 fully saturated rings. The number of aromatic nitrogens is 1. The molecule has 20 heavy (non-hydrogen) atoms. The van der Waals surface area contributed by atoms with Crippen LogP contribution >= 0.6 is 22.9 Å². The molecule has 0 spiro atoms. The van der Waals surface area contributed by atoms with E-state index in [2.05, 4.69) is 10.4 Å². The molecular weight excluding hydrogens is 311 g/mol. The summed E-state index contributed by atoms with van der Waals surface area (Å²) in [6.07, 6.45) is -3.30. The van der Waals surface area contributed by atoms with Crippen LogP contribution in [0, 0.1) is 6.92 Å². The third kappa shape index (κ3) is 3.12. The number of halogens is 4. The molecule has 1 unspecified atom stereocenters. The van der Waals surface area contributed by atoms with Gasteiger partial charge < -0.3 is 0 Å². The smallest absolute Gasteiger partial charge is 0.271 e. The standard InChI is InChI=1S/C12H11ClF3N3S/c1-6-2-3-7(8(13)4-6)10(19-17)9-5-18-11(20-9)12(14,15)16/h2-5,10,19H,17H2,1H3. The Morgan fingerprint density at radius 2 is 2.10 bits per heavy atom. The van der Waals surface area contributed by atoms with E-state index in [0.717, 1.165) is 11.8 Å². The lowest BCUT2D eigenvalue weighted by molar-refractivity contribution is -0.137. The van der Waals surface area contributed by atoms with E-state index in [4.69, 9.17) is 17.4 Å². The van der Waals surface area contributed by atoms with Crippen LogP contribution in [0.4, 0.5) is 13.2 Å². The topological polar surface area (TPSA) is 50.9 Å². The molecule has 1 aromatic carbocycles. The predicted molar refractivity (Wildman–Crippen MR) is 72.5 cm³/mol. The summed E-state index contributed by atoms with van der Waals surface area (Å²) in [4.78, 5) is 3.74. The first-order valence-electron chi connectivity index (χ1n) is 5.58. The molecule has 0 bridgehead atoms. The van der Waals surface area contributed by atoms with Crippen LogP contribution in [-0.4, -0.2) is 4.98 Å². The van der Waals surface area contributed by atoms with Crippen molar-refractivity contribution in [3.8, 4) is 0 Å². The Labute approximate surface area is 122 Å². The monoisotopic (exact) mass is 321 g/mol. The number of nitrogens with zero attached hydrogens (tertiary/aromatic N) is 1. The summed E-state index contributed by atoms with van der Waals surface area (Å²) in [7, 11) is 0. The van der Waals surface area contributed by atoms with Crippen molar-refractivity contribution in [3.63, 3.8) is 0 Å². The van der Waals surface area contributed by atoms with Gasteiger partial charge in [0, 0.05) is 16.1 Å². The van der Waals surface area contributed by atoms with E-state index in [1.165, 1.54) is 0 Å². The van der Waals surface area contributed by atoms with Gasteiger partial charge in [-0.25, -0.2) is 10.4 Å². The highest BCUT2D eigenvalue weighted by atomic mass is 35.5. The molecule has 1 heterocycles. The van der Waals surface area contributed by atoms with Gasteiger partial charge in [0.15, 0.2) is 5.01 Å². The summed E-state index contributed by atoms with van der Waals surface area (Å²) in [6, 6.07) is 4.65. The van der Waals surface area contributed by atoms with Crippen LogP contribution in [0.2, 0.25) is 5.02 Å². The largest absolute Gasteiger partial charge is 0.443 e. The summed E-state index contributed by atoms with van der Waals surface area (Å²) in [5.41, 5.74) is 4.04. The third-order valence-corrected chi connectivity index (χ3v) is 4.12. The molecular formula is C12H11ClF3N3S. The molecule has 8 heteroatoms. The van der Waals surface area contributed by atoms with E-state index < -0.39 is 17.2 Å². The molecule has 0 aliphatic carbocycles. The molecule has 0 radical (unpaired) electrons. The number of aryl methyl sites for hydroxylation is 1. The third-order valence-electron chi connectivity index (χ3n) is 2.68. The number of hydrazine groups is 1. The van der Waals surface area contributed by atoms with Crippen LogP contribution < -0.4 is 11.3 Å². The van der Waals surface area contributed by atoms with Crippen molar-refractivity contribution in [3.05, 3.63) is 50.4 Å². The number of benzene rings is 1. The fraction of sp³-hybridized carbons (Fsp3) is 0.250. The van der Waals surface area contributed by atoms with Crippen LogP contribution in [0.5, 0.6) is 0 Å². The first-order chi connectivity index (χ1) is 9.32. The second-order valence-corrected chi connectivity index (χ2v) is 5.66. The zero-order valence-electron chi connectivity index (χ0n) is 10.3. The Morgan fingerprint density at radius 3 is 2.60 bits per heavy atom. The van der Waals surface area contributed by atoms with Crippen molar-refractivity contribution in [2.75, 3.05) is 0 Å². The quantitative estimate of drug-likeness (QED) is 0.670. The first kappa shape index (κ1) is 15.2. The second kappa shape index (κ2) is 5.69. The summed E-state index contributed by atoms with van der Waals surface area (Å²) >= 11 is 6.66. The maximum Gasteiger partial charge on any atom is 0.443 e. The highest BCUT2D eigenvalue weighted by molar-refractivity contribution is 7.11. The molecule has 0 saturated heterocycles. The van der Waals surface area contributed by atoms with Crippen molar-refractivity contribution >= 4 is 22.9 Å². The normalized spacial score (nSPS) is 13.5. The first-order valence-corrected chi connectivity index (χ1v) is 6.77. The molecule has 1 aromatic heterocycles. The van der Waals surface area contributed by atoms with E-state index in [0.29, 0.717) is 26.8 Å². The van der Waals surface area contributed by atoms with Crippen molar-refractivity contribution in [1.82, 2.24) is 10.4 Å². The van der Waals surface area contributed by atoms with E-state index in [9.17, 15) is 13.2 Å². The van der Waals surface area contributed by atoms with Crippen molar-refractivity contribution in [1.29, 1.82) is 0 Å². The molecule has 1 atom stereocenters. The minimum atomic E-state index is -4.46. The van der Waals surface area contributed by atoms with Gasteiger partial charge in [0.1, 0.15) is 0 Å². The van der Waals surface area contributed by atoms with E-state index in [-0.39, 0.29) is 0 Å². The summed E-state index contributed by atoms with van der Waals surface area (Å²) in [5, 5.41) is -0.467. The number of thiazole rings is 1. The molecule has 0 aliphatic rings. The van der Waals surface area contributed by atoms with E-state index in [1.54, 1.807) is 12.1 Å². The van der Waals surface area contributed by atoms with Gasteiger partial charge in [-0.3, -0.25) is 5.84 Å². The number of hydrogen-bond acceptors (Lipinski definition) is 4. The second-order valence-electron chi connectivity index (χ2n) is 4.19. The maximum absolute atomic E-state index is 12.6. The van der Waals surface area contributed by atoms with Crippen LogP contribution in [0.3, 0.4) is 0 Å². The fourth-order valence-corrected chi connectivity index (χ4v) is 2.95. The zero-order chi connectivity index (χ0) is 14.9. The Balaban J connectivity index is 2.40. The number of nitrogens with one attached hydrogen (secondary N) is 1. The minimum Gasteiger partial charge on any atom is -0.271 e. The lowest BCUT2D eigenvalue weighted by atomic mass is 10.0. The van der Waals surface area contributed by atoms with Gasteiger partial charge in [0.05, 0.1) is 6.04 Å². The minimum absolute atomic E-state index is 0.352. The molecule has 0 aliphatic heterocycles. The molecule has 2 rings (SSSR count). The number of rotatable bonds is 3. The molecule has 2 aromatic rings. The number of hydrogen-bond donors (Lipinski definition) is 2. The van der Waals surface area contributed by atoms with Gasteiger partial charge in [-0.1, -0.05) is 23.7 Å². The molecule has 0 amide bonds. The van der Waals surface area contributed by atoms with Gasteiger partial charge in [-0.15, -0.1) is 11.3 Å². The van der Waals surface area contributed by atoms with Gasteiger partial charge >= 0.3 is 6.18 Å². The van der Waals surface area contributed by atoms with Crippen molar-refractivity contribution < 1.29 is 13.2 Å². The molecule has 108 valence electrons. The summed E-state index contributed by atoms with van der Waals surface area (Å²) in [6.45, 7) is 1.87. The van der Waals surface area contributed by atoms with Gasteiger partial charge in [0.25, 0.3) is 0 Å². The predicted octanol–water partition coefficient (Wildman–Crippen LogP) is 3.68. The number of alkyl halides is 3. The molecule has 3 N–H and O–H groups in total. The van der Waals surface area contributed by atoms with Gasteiger partial charge in [-0.2, -0.15) is 13.2 Å². The van der Waals surface area contributed by atoms with Crippen LogP contribution in [0.1, 0.15) is 27.1 Å². The Kier molecular flexibility index (Phi) is 4.33. The fourth-order valence-electron chi connectivity index (χ4n) is 1.74. The van der Waals surface area contributed by atoms with Crippen molar-refractivity contribution in [2.45, 2.75) is 19.1 Å². The average molecular weight is 322 g/mol. The van der Waals surface area contributed by atoms with E-state index >= 15 is 0 Å². The zero-order valence-corrected chi connectivity index (χ0v) is 11.9. The lowest BCUT2D eigenvalue weighted by Gasteiger charge is -2.16. The van der Waals surface area contributed by atoms with Crippen LogP contribution in [0.15, 0.2) is 24.4 Å². The van der Waals surface area contributed by atoms with Gasteiger partial charge in [0.2, 0.25) is 0 Å². The summed E-state index contributed by atoms with van der Waals surface area (Å²) < 4.78 is 37.7. The Bertz CT molecular complexity index is 612. The van der Waals surface area contributed by atoms with Crippen LogP contribution in [-0.2, 0) is 6.18 Å². The number of nitrogens with two attached hydrogens (primary N) is 1. The Hall–Kier alpha value is -1.15. The summed E-state index contributed by atoms with van der Waals surface area (Å²) in [5.74, 6) is 5.45. The molecule has 3 nitrogen and oxygen atoms in total. The highest BCUT2D eigenvalue weighted by Gasteiger charge is 2.35. The van der Waals surface area contributed by atoms with Crippen molar-refractivity contribution in [2.24, 2.45) is 5.84 Å². The highest BCUT2D eigenvalue weighted by Crippen LogP contribution is 2.37. The molecule has 0 saturated carbocycles. The van der Waals surface area contributed by atoms with Gasteiger partial charge in [-0.05, 0) is 24.1 Å². The van der Waals surface area contributed by atoms with E-state index in [1.807, 2.05) is 13.0 Å². The lowest BCUT2D eigenvalue weighted by Crippen LogP contribution is -2.28. The maximum atomic E-state index is 12.6. The SMILES string of the molecule is Cc1ccc(C(NN)c2cnc(C(F)(F)F)s2)c(Cl)c1.